The van der Waals surface area contributed by atoms with Crippen molar-refractivity contribution in [3.63, 3.8) is 0 Å². The van der Waals surface area contributed by atoms with E-state index in [1.165, 1.54) is 17.5 Å². The lowest BCUT2D eigenvalue weighted by Gasteiger charge is -2.63. The third-order valence-corrected chi connectivity index (χ3v) is 8.68. The molecule has 1 N–H and O–H groups in total. The Kier molecular flexibility index (Phi) is 4.82. The Bertz CT molecular complexity index is 1140. The van der Waals surface area contributed by atoms with Crippen molar-refractivity contribution in [3.05, 3.63) is 29.6 Å². The van der Waals surface area contributed by atoms with Gasteiger partial charge in [-0.1, -0.05) is 0 Å². The number of aromatic amines is 1. The van der Waals surface area contributed by atoms with E-state index in [4.69, 9.17) is 4.98 Å². The maximum Gasteiger partial charge on any atom is 0.390 e. The number of carbonyl (C=O) groups is 1. The van der Waals surface area contributed by atoms with Gasteiger partial charge in [0.1, 0.15) is 5.82 Å². The second-order valence-electron chi connectivity index (χ2n) is 12.0. The van der Waals surface area contributed by atoms with Crippen molar-refractivity contribution in [2.24, 2.45) is 10.8 Å². The highest BCUT2D eigenvalue weighted by Gasteiger charge is 2.58. The number of halogens is 3. The van der Waals surface area contributed by atoms with E-state index in [0.29, 0.717) is 18.4 Å². The molecule has 2 aromatic heterocycles. The van der Waals surface area contributed by atoms with E-state index in [1.807, 2.05) is 9.80 Å². The number of amides is 2. The normalized spacial score (nSPS) is 25.0. The van der Waals surface area contributed by atoms with Crippen LogP contribution in [-0.2, 0) is 13.1 Å². The van der Waals surface area contributed by atoms with Gasteiger partial charge >= 0.3 is 12.2 Å². The molecule has 0 radical (unpaired) electrons. The van der Waals surface area contributed by atoms with E-state index < -0.39 is 12.6 Å². The number of H-pyrrole nitrogens is 1. The van der Waals surface area contributed by atoms with E-state index >= 15 is 0 Å². The summed E-state index contributed by atoms with van der Waals surface area (Å²) in [6.45, 7) is 5.56. The quantitative estimate of drug-likeness (QED) is 0.654. The van der Waals surface area contributed by atoms with Gasteiger partial charge in [0.2, 0.25) is 0 Å². The molecular weight excluding hydrogens is 473 g/mol. The van der Waals surface area contributed by atoms with Crippen LogP contribution in [0.25, 0.3) is 0 Å². The molecule has 12 heteroatoms. The summed E-state index contributed by atoms with van der Waals surface area (Å²) in [5, 5.41) is 11.8. The van der Waals surface area contributed by atoms with E-state index in [1.54, 1.807) is 12.3 Å². The molecule has 36 heavy (non-hydrogen) atoms. The summed E-state index contributed by atoms with van der Waals surface area (Å²) in [4.78, 5) is 23.8. The summed E-state index contributed by atoms with van der Waals surface area (Å²) < 4.78 is 38.5. The van der Waals surface area contributed by atoms with Gasteiger partial charge in [0.05, 0.1) is 12.1 Å². The molecular formula is C24H31F3N8O. The summed E-state index contributed by atoms with van der Waals surface area (Å²) in [7, 11) is 0. The molecule has 7 rings (SSSR count). The van der Waals surface area contributed by atoms with Crippen LogP contribution in [0.2, 0.25) is 0 Å². The Morgan fingerprint density at radius 3 is 2.39 bits per heavy atom. The monoisotopic (exact) mass is 504 g/mol. The highest BCUT2D eigenvalue weighted by atomic mass is 19.4. The molecule has 5 heterocycles. The van der Waals surface area contributed by atoms with Crippen LogP contribution in [0.5, 0.6) is 0 Å². The summed E-state index contributed by atoms with van der Waals surface area (Å²) >= 11 is 0. The van der Waals surface area contributed by atoms with Crippen molar-refractivity contribution in [3.8, 4) is 0 Å². The Hall–Kier alpha value is -2.63. The second-order valence-corrected chi connectivity index (χ2v) is 12.0. The van der Waals surface area contributed by atoms with Crippen molar-refractivity contribution >= 4 is 6.03 Å². The van der Waals surface area contributed by atoms with E-state index in [9.17, 15) is 18.0 Å². The van der Waals surface area contributed by atoms with Crippen molar-refractivity contribution in [1.29, 1.82) is 0 Å². The lowest BCUT2D eigenvalue weighted by Crippen LogP contribution is -2.75. The smallest absolute Gasteiger partial charge is 0.323 e. The maximum atomic E-state index is 12.9. The van der Waals surface area contributed by atoms with Crippen molar-refractivity contribution in [1.82, 2.24) is 39.7 Å². The van der Waals surface area contributed by atoms with Gasteiger partial charge in [-0.15, -0.1) is 0 Å². The first kappa shape index (κ1) is 22.6. The molecule has 3 aliphatic heterocycles. The van der Waals surface area contributed by atoms with Gasteiger partial charge in [-0.3, -0.25) is 14.7 Å². The van der Waals surface area contributed by atoms with Crippen LogP contribution in [0.4, 0.5) is 18.0 Å². The largest absolute Gasteiger partial charge is 0.390 e. The average Bonchev–Trinajstić information content (AvgIpc) is 3.27. The number of likely N-dealkylation sites (tertiary alicyclic amines) is 3. The number of aromatic nitrogens is 5. The van der Waals surface area contributed by atoms with Crippen LogP contribution in [-0.4, -0.2) is 91.1 Å². The van der Waals surface area contributed by atoms with Crippen molar-refractivity contribution in [2.45, 2.75) is 63.2 Å². The molecule has 2 aliphatic carbocycles. The lowest BCUT2D eigenvalue weighted by atomic mass is 9.57. The van der Waals surface area contributed by atoms with E-state index in [0.717, 1.165) is 69.5 Å². The highest BCUT2D eigenvalue weighted by molar-refractivity contribution is 5.77. The molecule has 2 saturated carbocycles. The lowest BCUT2D eigenvalue weighted by molar-refractivity contribution is -0.137. The number of hydrogen-bond acceptors (Lipinski definition) is 5. The fourth-order valence-corrected chi connectivity index (χ4v) is 6.73. The molecule has 2 amide bonds. The summed E-state index contributed by atoms with van der Waals surface area (Å²) in [6.07, 6.45) is 1.16. The predicted molar refractivity (Wildman–Crippen MR) is 122 cm³/mol. The first-order valence-corrected chi connectivity index (χ1v) is 12.9. The molecule has 5 aliphatic rings. The number of rotatable bonds is 6. The minimum Gasteiger partial charge on any atom is -0.323 e. The van der Waals surface area contributed by atoms with Gasteiger partial charge < -0.3 is 9.80 Å². The van der Waals surface area contributed by atoms with E-state index in [-0.39, 0.29) is 23.4 Å². The number of carbonyl (C=O) groups excluding carboxylic acids is 1. The van der Waals surface area contributed by atoms with Gasteiger partial charge in [-0.05, 0) is 31.7 Å². The number of nitrogens with zero attached hydrogens (tertiary/aromatic N) is 7. The van der Waals surface area contributed by atoms with Gasteiger partial charge in [0.15, 0.2) is 5.82 Å². The maximum absolute atomic E-state index is 12.9. The van der Waals surface area contributed by atoms with Gasteiger partial charge in [-0.25, -0.2) is 9.78 Å². The average molecular weight is 505 g/mol. The van der Waals surface area contributed by atoms with Gasteiger partial charge in [0.25, 0.3) is 0 Å². The molecule has 2 aromatic rings. The van der Waals surface area contributed by atoms with E-state index in [2.05, 4.69) is 20.2 Å². The van der Waals surface area contributed by atoms with Crippen LogP contribution in [0.15, 0.2) is 12.3 Å². The molecule has 0 unspecified atom stereocenters. The topological polar surface area (TPSA) is 86.2 Å². The van der Waals surface area contributed by atoms with Crippen LogP contribution < -0.4 is 0 Å². The Morgan fingerprint density at radius 2 is 1.72 bits per heavy atom. The van der Waals surface area contributed by atoms with Crippen LogP contribution >= 0.6 is 0 Å². The molecule has 9 nitrogen and oxygen atoms in total. The molecule has 5 fully saturated rings. The van der Waals surface area contributed by atoms with Crippen LogP contribution in [0.1, 0.15) is 61.3 Å². The zero-order chi connectivity index (χ0) is 24.7. The number of hydrogen-bond donors (Lipinski definition) is 1. The zero-order valence-corrected chi connectivity index (χ0v) is 20.2. The van der Waals surface area contributed by atoms with Gasteiger partial charge in [-0.2, -0.15) is 23.4 Å². The Morgan fingerprint density at radius 1 is 1.03 bits per heavy atom. The Balaban J connectivity index is 0.819. The third-order valence-electron chi connectivity index (χ3n) is 8.68. The second kappa shape index (κ2) is 7.69. The highest BCUT2D eigenvalue weighted by Crippen LogP contribution is 2.56. The standard InChI is InChI=1S/C24H31F3N8O/c25-24(26,27)4-6-35-5-3-18(31-35)9-32-10-23(11-32)14-34(15-23)21(36)33-12-22(13-33)7-17(8-22)20-28-19(29-30-20)16-1-2-16/h3,5,16-17H,1-2,4,6-15H2,(H,28,29,30). The minimum atomic E-state index is -4.17. The Labute approximate surface area is 207 Å². The predicted octanol–water partition coefficient (Wildman–Crippen LogP) is 2.95. The first-order valence-electron chi connectivity index (χ1n) is 12.9. The van der Waals surface area contributed by atoms with Crippen molar-refractivity contribution in [2.75, 3.05) is 39.3 Å². The molecule has 194 valence electrons. The summed E-state index contributed by atoms with van der Waals surface area (Å²) in [5.41, 5.74) is 1.23. The fourth-order valence-electron chi connectivity index (χ4n) is 6.73. The zero-order valence-electron chi connectivity index (χ0n) is 20.2. The molecule has 0 atom stereocenters. The summed E-state index contributed by atoms with van der Waals surface area (Å²) in [5.74, 6) is 3.03. The number of aryl methyl sites for hydroxylation is 1. The van der Waals surface area contributed by atoms with Gasteiger partial charge in [0, 0.05) is 81.2 Å². The molecule has 3 saturated heterocycles. The summed E-state index contributed by atoms with van der Waals surface area (Å²) in [6, 6.07) is 1.95. The first-order chi connectivity index (χ1) is 17.2. The van der Waals surface area contributed by atoms with Crippen molar-refractivity contribution < 1.29 is 18.0 Å². The third kappa shape index (κ3) is 4.06. The number of alkyl halides is 3. The number of urea groups is 1. The minimum absolute atomic E-state index is 0.148. The van der Waals surface area contributed by atoms with Crippen LogP contribution in [0.3, 0.4) is 0 Å². The molecule has 2 spiro atoms. The molecule has 0 aromatic carbocycles. The SMILES string of the molecule is O=C(N1CC2(CC(c3nc(C4CC4)n[nH]3)C2)C1)N1CC2(CN(Cc3ccn(CCC(F)(F)F)n3)C2)C1. The number of nitrogens with one attached hydrogen (secondary N) is 1. The fraction of sp³-hybridized carbons (Fsp3) is 0.750. The molecule has 0 bridgehead atoms. The van der Waals surface area contributed by atoms with Crippen LogP contribution in [0, 0.1) is 10.8 Å².